The van der Waals surface area contributed by atoms with Gasteiger partial charge in [-0.25, -0.2) is 4.98 Å². The number of hydrogen-bond donors (Lipinski definition) is 0. The lowest BCUT2D eigenvalue weighted by Gasteiger charge is -2.03. The topological polar surface area (TPSA) is 41.1 Å². The maximum absolute atomic E-state index is 9.10. The van der Waals surface area contributed by atoms with Crippen molar-refractivity contribution in [2.45, 2.75) is 13.3 Å². The molecule has 0 saturated carbocycles. The van der Waals surface area contributed by atoms with Crippen LogP contribution in [0.1, 0.15) is 11.3 Å². The van der Waals surface area contributed by atoms with Crippen LogP contribution < -0.4 is 0 Å². The molecule has 2 aromatic heterocycles. The second-order valence-corrected chi connectivity index (χ2v) is 5.62. The molecule has 0 aliphatic heterocycles. The zero-order valence-corrected chi connectivity index (χ0v) is 12.8. The van der Waals surface area contributed by atoms with E-state index >= 15 is 0 Å². The minimum absolute atomic E-state index is 0.278. The highest BCUT2D eigenvalue weighted by Gasteiger charge is 2.14. The molecule has 0 fully saturated rings. The largest absolute Gasteiger partial charge is 0.302 e. The lowest BCUT2D eigenvalue weighted by Crippen LogP contribution is -1.94. The van der Waals surface area contributed by atoms with Crippen LogP contribution in [0, 0.1) is 18.3 Å². The average Bonchev–Trinajstić information content (AvgIpc) is 2.81. The molecule has 0 radical (unpaired) electrons. The summed E-state index contributed by atoms with van der Waals surface area (Å²) in [5, 5.41) is 10.1. The van der Waals surface area contributed by atoms with Gasteiger partial charge < -0.3 is 4.40 Å². The second kappa shape index (κ2) is 5.40. The monoisotopic (exact) mass is 315 g/mol. The van der Waals surface area contributed by atoms with Gasteiger partial charge in [-0.2, -0.15) is 5.26 Å². The zero-order valence-electron chi connectivity index (χ0n) is 11.3. The molecule has 5 heteroatoms. The van der Waals surface area contributed by atoms with Crippen LogP contribution in [0.2, 0.25) is 10.0 Å². The van der Waals surface area contributed by atoms with Gasteiger partial charge in [-0.1, -0.05) is 35.3 Å². The quantitative estimate of drug-likeness (QED) is 0.688. The third-order valence-corrected chi connectivity index (χ3v) is 4.04. The summed E-state index contributed by atoms with van der Waals surface area (Å²) < 4.78 is 1.95. The van der Waals surface area contributed by atoms with Crippen molar-refractivity contribution in [1.29, 1.82) is 5.26 Å². The number of benzene rings is 1. The normalized spacial score (nSPS) is 10.8. The van der Waals surface area contributed by atoms with E-state index in [1.807, 2.05) is 35.7 Å². The first kappa shape index (κ1) is 13.9. The van der Waals surface area contributed by atoms with Crippen molar-refractivity contribution in [1.82, 2.24) is 9.38 Å². The van der Waals surface area contributed by atoms with E-state index < -0.39 is 0 Å². The highest BCUT2D eigenvalue weighted by atomic mass is 35.5. The maximum atomic E-state index is 9.10. The van der Waals surface area contributed by atoms with Gasteiger partial charge in [0.25, 0.3) is 0 Å². The van der Waals surface area contributed by atoms with Crippen LogP contribution in [-0.2, 0) is 6.42 Å². The molecule has 0 aliphatic rings. The molecule has 104 valence electrons. The van der Waals surface area contributed by atoms with Crippen molar-refractivity contribution in [2.75, 3.05) is 0 Å². The molecule has 3 nitrogen and oxygen atoms in total. The fourth-order valence-electron chi connectivity index (χ4n) is 2.32. The second-order valence-electron chi connectivity index (χ2n) is 4.81. The molecule has 0 amide bonds. The Labute approximate surface area is 132 Å². The first-order valence-electron chi connectivity index (χ1n) is 6.40. The van der Waals surface area contributed by atoms with Crippen LogP contribution in [0.4, 0.5) is 0 Å². The lowest BCUT2D eigenvalue weighted by atomic mass is 10.1. The lowest BCUT2D eigenvalue weighted by molar-refractivity contribution is 1.04. The summed E-state index contributed by atoms with van der Waals surface area (Å²) in [7, 11) is 0. The van der Waals surface area contributed by atoms with Crippen LogP contribution in [0.5, 0.6) is 0 Å². The van der Waals surface area contributed by atoms with Gasteiger partial charge in [0.05, 0.1) is 33.9 Å². The molecule has 2 heterocycles. The first-order valence-corrected chi connectivity index (χ1v) is 7.15. The summed E-state index contributed by atoms with van der Waals surface area (Å²) in [4.78, 5) is 4.62. The number of aromatic nitrogens is 2. The molecular weight excluding hydrogens is 305 g/mol. The Hall–Kier alpha value is -2.02. The van der Waals surface area contributed by atoms with Gasteiger partial charge in [-0.15, -0.1) is 0 Å². The van der Waals surface area contributed by atoms with Crippen molar-refractivity contribution in [3.8, 4) is 17.3 Å². The van der Waals surface area contributed by atoms with Crippen molar-refractivity contribution in [3.05, 3.63) is 57.8 Å². The van der Waals surface area contributed by atoms with Crippen LogP contribution in [0.15, 0.2) is 36.5 Å². The Bertz CT molecular complexity index is 875. The maximum Gasteiger partial charge on any atom is 0.137 e. The molecule has 3 rings (SSSR count). The molecule has 21 heavy (non-hydrogen) atoms. The van der Waals surface area contributed by atoms with E-state index in [2.05, 4.69) is 11.1 Å². The summed E-state index contributed by atoms with van der Waals surface area (Å²) in [6.07, 6.45) is 2.26. The van der Waals surface area contributed by atoms with Crippen LogP contribution in [0.3, 0.4) is 0 Å². The summed E-state index contributed by atoms with van der Waals surface area (Å²) >= 11 is 12.0. The first-order chi connectivity index (χ1) is 10.1. The number of rotatable bonds is 2. The molecule has 0 bridgehead atoms. The van der Waals surface area contributed by atoms with Gasteiger partial charge in [0.1, 0.15) is 5.65 Å². The van der Waals surface area contributed by atoms with E-state index in [1.165, 1.54) is 0 Å². The SMILES string of the molecule is Cc1ccc2nc(-c3ccc(Cl)c(Cl)c3)c(CC#N)n2c1. The van der Waals surface area contributed by atoms with E-state index in [4.69, 9.17) is 28.5 Å². The number of nitriles is 1. The van der Waals surface area contributed by atoms with Crippen LogP contribution in [-0.4, -0.2) is 9.38 Å². The Morgan fingerprint density at radius 1 is 1.19 bits per heavy atom. The Morgan fingerprint density at radius 2 is 2.00 bits per heavy atom. The Balaban J connectivity index is 2.28. The number of hydrogen-bond acceptors (Lipinski definition) is 2. The molecule has 0 unspecified atom stereocenters. The van der Waals surface area contributed by atoms with Gasteiger partial charge in [0, 0.05) is 11.8 Å². The smallest absolute Gasteiger partial charge is 0.137 e. The molecule has 1 aromatic carbocycles. The van der Waals surface area contributed by atoms with Crippen LogP contribution >= 0.6 is 23.2 Å². The minimum Gasteiger partial charge on any atom is -0.302 e. The zero-order chi connectivity index (χ0) is 15.0. The summed E-state index contributed by atoms with van der Waals surface area (Å²) in [6, 6.07) is 11.5. The van der Waals surface area contributed by atoms with Gasteiger partial charge in [-0.05, 0) is 30.7 Å². The van der Waals surface area contributed by atoms with Gasteiger partial charge in [0.15, 0.2) is 0 Å². The molecule has 0 spiro atoms. The number of imidazole rings is 1. The third-order valence-electron chi connectivity index (χ3n) is 3.30. The van der Waals surface area contributed by atoms with E-state index in [0.29, 0.717) is 10.0 Å². The van der Waals surface area contributed by atoms with E-state index in [9.17, 15) is 0 Å². The van der Waals surface area contributed by atoms with Gasteiger partial charge in [-0.3, -0.25) is 0 Å². The molecule has 0 saturated heterocycles. The van der Waals surface area contributed by atoms with Crippen molar-refractivity contribution in [2.24, 2.45) is 0 Å². The summed E-state index contributed by atoms with van der Waals surface area (Å²) in [5.74, 6) is 0. The molecule has 0 aliphatic carbocycles. The number of fused-ring (bicyclic) bond motifs is 1. The van der Waals surface area contributed by atoms with E-state index in [1.54, 1.807) is 12.1 Å². The average molecular weight is 316 g/mol. The van der Waals surface area contributed by atoms with E-state index in [0.717, 1.165) is 28.2 Å². The Kier molecular flexibility index (Phi) is 3.59. The summed E-state index contributed by atoms with van der Waals surface area (Å²) in [5.41, 5.74) is 4.40. The molecular formula is C16H11Cl2N3. The number of pyridine rings is 1. The third kappa shape index (κ3) is 2.49. The Morgan fingerprint density at radius 3 is 2.71 bits per heavy atom. The number of halogens is 2. The number of nitrogens with zero attached hydrogens (tertiary/aromatic N) is 3. The summed E-state index contributed by atoms with van der Waals surface area (Å²) in [6.45, 7) is 2.01. The fourth-order valence-corrected chi connectivity index (χ4v) is 2.62. The predicted octanol–water partition coefficient (Wildman–Crippen LogP) is 4.68. The molecule has 0 atom stereocenters. The van der Waals surface area contributed by atoms with Crippen molar-refractivity contribution >= 4 is 28.8 Å². The van der Waals surface area contributed by atoms with E-state index in [-0.39, 0.29) is 6.42 Å². The molecule has 0 N–H and O–H groups in total. The van der Waals surface area contributed by atoms with Crippen molar-refractivity contribution in [3.63, 3.8) is 0 Å². The van der Waals surface area contributed by atoms with Gasteiger partial charge in [0.2, 0.25) is 0 Å². The highest BCUT2D eigenvalue weighted by Crippen LogP contribution is 2.30. The number of aryl methyl sites for hydroxylation is 1. The minimum atomic E-state index is 0.278. The molecule has 3 aromatic rings. The van der Waals surface area contributed by atoms with Gasteiger partial charge >= 0.3 is 0 Å². The van der Waals surface area contributed by atoms with Crippen LogP contribution in [0.25, 0.3) is 16.9 Å². The highest BCUT2D eigenvalue weighted by molar-refractivity contribution is 6.42. The predicted molar refractivity (Wildman–Crippen MR) is 84.7 cm³/mol. The van der Waals surface area contributed by atoms with Crippen molar-refractivity contribution < 1.29 is 0 Å². The fraction of sp³-hybridized carbons (Fsp3) is 0.125. The standard InChI is InChI=1S/C16H11Cl2N3/c1-10-2-5-15-20-16(14(6-7-19)21(15)9-10)11-3-4-12(17)13(18)8-11/h2-5,8-9H,6H2,1H3.